The predicted molar refractivity (Wildman–Crippen MR) is 20.3 cm³/mol. The summed E-state index contributed by atoms with van der Waals surface area (Å²) in [6, 6.07) is 0. The Kier molecular flexibility index (Phi) is 2.90. The molecule has 0 aromatic carbocycles. The van der Waals surface area contributed by atoms with Gasteiger partial charge in [0.1, 0.15) is 6.54 Å². The Morgan fingerprint density at radius 1 is 1.80 bits per heavy atom. The molecule has 0 N–H and O–H groups in total. The Morgan fingerprint density at radius 2 is 2.40 bits per heavy atom. The molecule has 0 aliphatic heterocycles. The monoisotopic (exact) mass is 70.0 g/mol. The first-order valence-electron chi connectivity index (χ1n) is 1.18. The van der Waals surface area contributed by atoms with Crippen LogP contribution >= 0.6 is 0 Å². The fraction of sp³-hybridized carbons (Fsp3) is 0. The van der Waals surface area contributed by atoms with Gasteiger partial charge in [0, 0.05) is 0 Å². The standard InChI is InChI=1S/C3H4NO/c1-2-3-4-5/h2-3H,1H2. The van der Waals surface area contributed by atoms with Crippen molar-refractivity contribution in [3.8, 4) is 0 Å². The van der Waals surface area contributed by atoms with Crippen molar-refractivity contribution in [2.75, 3.05) is 0 Å². The van der Waals surface area contributed by atoms with Gasteiger partial charge in [0.05, 0.1) is 0 Å². The number of nitrogens with zero attached hydrogens (tertiary/aromatic N) is 1. The van der Waals surface area contributed by atoms with Crippen molar-refractivity contribution >= 4 is 0 Å². The molecule has 0 aliphatic carbocycles. The lowest BCUT2D eigenvalue weighted by Crippen LogP contribution is -1.45. The largest absolute Gasteiger partial charge is 0.150 e. The summed E-state index contributed by atoms with van der Waals surface area (Å²) in [5.74, 6) is 0. The van der Waals surface area contributed by atoms with Crippen LogP contribution < -0.4 is 0 Å². The molecule has 0 atom stereocenters. The zero-order chi connectivity index (χ0) is 4.12. The number of rotatable bonds is 2. The van der Waals surface area contributed by atoms with E-state index in [0.29, 0.717) is 0 Å². The van der Waals surface area contributed by atoms with E-state index in [1.54, 1.807) is 0 Å². The van der Waals surface area contributed by atoms with Gasteiger partial charge in [-0.05, 0) is 0 Å². The summed E-state index contributed by atoms with van der Waals surface area (Å²) in [6.45, 7) is 4.28. The van der Waals surface area contributed by atoms with Crippen LogP contribution in [0.5, 0.6) is 0 Å². The van der Waals surface area contributed by atoms with Crippen LogP contribution in [0.3, 0.4) is 0 Å². The van der Waals surface area contributed by atoms with E-state index in [2.05, 4.69) is 11.8 Å². The highest BCUT2D eigenvalue weighted by Crippen LogP contribution is 1.71. The second kappa shape index (κ2) is 3.34. The van der Waals surface area contributed by atoms with Crippen molar-refractivity contribution in [3.05, 3.63) is 24.1 Å². The third kappa shape index (κ3) is 3.34. The van der Waals surface area contributed by atoms with Gasteiger partial charge in [-0.1, -0.05) is 11.3 Å². The summed E-state index contributed by atoms with van der Waals surface area (Å²) in [5.41, 5.74) is 0. The highest BCUT2D eigenvalue weighted by atomic mass is 16.3. The smallest absolute Gasteiger partial charge is 0.139 e. The molecule has 0 fully saturated rings. The molecule has 1 radical (unpaired) electrons. The summed E-state index contributed by atoms with van der Waals surface area (Å²) < 4.78 is 0. The highest BCUT2D eigenvalue weighted by Gasteiger charge is 1.60. The lowest BCUT2D eigenvalue weighted by atomic mass is 10.7. The molecule has 27 valence electrons. The molecule has 0 aliphatic rings. The number of hydrogen-bond acceptors (Lipinski definition) is 2. The summed E-state index contributed by atoms with van der Waals surface area (Å²) in [4.78, 5) is 9.03. The average molecular weight is 70.1 g/mol. The zero-order valence-corrected chi connectivity index (χ0v) is 2.72. The molecule has 0 amide bonds. The third-order valence-electron chi connectivity index (χ3n) is 0.166. The highest BCUT2D eigenvalue weighted by molar-refractivity contribution is 4.82. The average Bonchev–Trinajstić information content (AvgIpc) is 1.41. The number of hydrogen-bond donors (Lipinski definition) is 0. The third-order valence-corrected chi connectivity index (χ3v) is 0.166. The zero-order valence-electron chi connectivity index (χ0n) is 2.72. The lowest BCUT2D eigenvalue weighted by Gasteiger charge is -1.57. The molecule has 0 saturated heterocycles. The minimum atomic E-state index is 1.08. The molecule has 0 bridgehead atoms. The first kappa shape index (κ1) is 4.34. The van der Waals surface area contributed by atoms with E-state index in [1.165, 1.54) is 6.08 Å². The van der Waals surface area contributed by atoms with Crippen LogP contribution in [0.2, 0.25) is 0 Å². The fourth-order valence-corrected chi connectivity index (χ4v) is 0.0430. The minimum Gasteiger partial charge on any atom is -0.150 e. The molecule has 2 nitrogen and oxygen atoms in total. The Morgan fingerprint density at radius 3 is 2.40 bits per heavy atom. The van der Waals surface area contributed by atoms with E-state index in [9.17, 15) is 0 Å². The molecule has 5 heavy (non-hydrogen) atoms. The van der Waals surface area contributed by atoms with Gasteiger partial charge in [-0.3, -0.25) is 0 Å². The van der Waals surface area contributed by atoms with Crippen molar-refractivity contribution in [1.82, 2.24) is 0 Å². The summed E-state index contributed by atoms with van der Waals surface area (Å²) in [6.07, 6.45) is 1.33. The van der Waals surface area contributed by atoms with Gasteiger partial charge >= 0.3 is 0 Å². The topological polar surface area (TPSA) is 29.4 Å². The van der Waals surface area contributed by atoms with Crippen LogP contribution in [0.15, 0.2) is 17.8 Å². The van der Waals surface area contributed by atoms with Crippen LogP contribution in [-0.4, -0.2) is 0 Å². The second-order valence-corrected chi connectivity index (χ2v) is 0.490. The molecule has 0 spiro atoms. The Balaban J connectivity index is 2.65. The maximum atomic E-state index is 9.03. The van der Waals surface area contributed by atoms with Gasteiger partial charge in [0.15, 0.2) is 0 Å². The molecular formula is C3H4NO. The van der Waals surface area contributed by atoms with Gasteiger partial charge < -0.3 is 0 Å². The van der Waals surface area contributed by atoms with Gasteiger partial charge in [0.25, 0.3) is 0 Å². The maximum absolute atomic E-state index is 9.03. The van der Waals surface area contributed by atoms with Crippen molar-refractivity contribution < 1.29 is 0 Å². The molecule has 0 unspecified atom stereocenters. The van der Waals surface area contributed by atoms with Crippen molar-refractivity contribution in [1.29, 1.82) is 0 Å². The van der Waals surface area contributed by atoms with Crippen LogP contribution in [0.1, 0.15) is 0 Å². The van der Waals surface area contributed by atoms with Crippen LogP contribution in [-0.2, 0) is 0 Å². The molecule has 0 saturated carbocycles. The molecule has 0 rings (SSSR count). The van der Waals surface area contributed by atoms with Crippen molar-refractivity contribution in [2.45, 2.75) is 0 Å². The molecule has 2 heteroatoms. The lowest BCUT2D eigenvalue weighted by molar-refractivity contribution is 1.41. The Labute approximate surface area is 30.5 Å². The van der Waals surface area contributed by atoms with Crippen LogP contribution in [0.25, 0.3) is 0 Å². The molecular weight excluding hydrogens is 66.0 g/mol. The molecule has 0 aromatic rings. The van der Waals surface area contributed by atoms with E-state index in [4.69, 9.17) is 4.91 Å². The first-order chi connectivity index (χ1) is 2.41. The van der Waals surface area contributed by atoms with Gasteiger partial charge in [-0.25, -0.2) is 0 Å². The van der Waals surface area contributed by atoms with Crippen LogP contribution in [0, 0.1) is 11.5 Å². The Bertz CT molecular complexity index is 36.2. The quantitative estimate of drug-likeness (QED) is 0.447. The summed E-state index contributed by atoms with van der Waals surface area (Å²) >= 11 is 0. The van der Waals surface area contributed by atoms with Gasteiger partial charge in [-0.2, -0.15) is 4.91 Å². The van der Waals surface area contributed by atoms with E-state index in [1.807, 2.05) is 0 Å². The van der Waals surface area contributed by atoms with E-state index < -0.39 is 0 Å². The van der Waals surface area contributed by atoms with Gasteiger partial charge in [-0.15, -0.1) is 6.58 Å². The predicted octanol–water partition coefficient (Wildman–Crippen LogP) is 1.10. The van der Waals surface area contributed by atoms with Gasteiger partial charge in [0.2, 0.25) is 0 Å². The second-order valence-electron chi connectivity index (χ2n) is 0.490. The van der Waals surface area contributed by atoms with Crippen LogP contribution in [0.4, 0.5) is 0 Å². The van der Waals surface area contributed by atoms with E-state index in [-0.39, 0.29) is 0 Å². The van der Waals surface area contributed by atoms with E-state index in [0.717, 1.165) is 6.54 Å². The number of nitroso groups, excluding NO2 is 1. The first-order valence-corrected chi connectivity index (χ1v) is 1.18. The fourth-order valence-electron chi connectivity index (χ4n) is 0.0430. The molecule has 0 heterocycles. The SMILES string of the molecule is C=C[CH]N=O. The summed E-state index contributed by atoms with van der Waals surface area (Å²) in [5, 5.41) is 2.36. The van der Waals surface area contributed by atoms with E-state index >= 15 is 0 Å². The van der Waals surface area contributed by atoms with Crippen molar-refractivity contribution in [2.24, 2.45) is 5.18 Å². The Hall–Kier alpha value is -0.660. The summed E-state index contributed by atoms with van der Waals surface area (Å²) in [7, 11) is 0. The maximum Gasteiger partial charge on any atom is 0.139 e. The van der Waals surface area contributed by atoms with Crippen molar-refractivity contribution in [3.63, 3.8) is 0 Å². The molecule has 0 aromatic heterocycles. The normalized spacial score (nSPS) is 6.40. The minimum absolute atomic E-state index is 1.08.